The normalized spacial score (nSPS) is 17.4. The fraction of sp³-hybridized carbons (Fsp3) is 0.353. The molecule has 1 aliphatic heterocycles. The highest BCUT2D eigenvalue weighted by atomic mass is 35.5. The van der Waals surface area contributed by atoms with Gasteiger partial charge in [0.1, 0.15) is 11.9 Å². The van der Waals surface area contributed by atoms with Gasteiger partial charge in [0.2, 0.25) is 0 Å². The quantitative estimate of drug-likeness (QED) is 0.926. The summed E-state index contributed by atoms with van der Waals surface area (Å²) in [5, 5.41) is 7.58. The van der Waals surface area contributed by atoms with Crippen LogP contribution in [-0.4, -0.2) is 34.2 Å². The molecule has 6 nitrogen and oxygen atoms in total. The summed E-state index contributed by atoms with van der Waals surface area (Å²) in [7, 11) is 1.80. The van der Waals surface area contributed by atoms with Gasteiger partial charge in [-0.05, 0) is 44.0 Å². The summed E-state index contributed by atoms with van der Waals surface area (Å²) >= 11 is 6.00. The molecule has 0 spiro atoms. The van der Waals surface area contributed by atoms with Crippen LogP contribution >= 0.6 is 11.6 Å². The smallest absolute Gasteiger partial charge is 0.251 e. The Morgan fingerprint density at radius 3 is 2.67 bits per heavy atom. The SMILES string of the molecule is Cc1cc(Cl)cc(C(=O)N[C@H]2CCN(c3cc(C)nn3C)C2=O)c1. The molecule has 1 N–H and O–H groups in total. The van der Waals surface area contributed by atoms with Crippen molar-refractivity contribution in [1.82, 2.24) is 15.1 Å². The van der Waals surface area contributed by atoms with Gasteiger partial charge in [-0.3, -0.25) is 19.2 Å². The standard InChI is InChI=1S/C17H19ClN4O2/c1-10-6-12(9-13(18)7-10)16(23)19-14-4-5-22(17(14)24)15-8-11(2)20-21(15)3/h6-9,14H,4-5H2,1-3H3,(H,19,23)/t14-/m0/s1. The van der Waals surface area contributed by atoms with Crippen LogP contribution in [0, 0.1) is 13.8 Å². The summed E-state index contributed by atoms with van der Waals surface area (Å²) in [5.74, 6) is 0.333. The number of benzene rings is 1. The van der Waals surface area contributed by atoms with E-state index in [9.17, 15) is 9.59 Å². The largest absolute Gasteiger partial charge is 0.340 e. The maximum Gasteiger partial charge on any atom is 0.251 e. The van der Waals surface area contributed by atoms with E-state index in [1.54, 1.807) is 34.8 Å². The zero-order valence-electron chi connectivity index (χ0n) is 13.8. The molecule has 1 aliphatic rings. The second kappa shape index (κ2) is 6.28. The Kier molecular flexibility index (Phi) is 4.32. The van der Waals surface area contributed by atoms with Crippen LogP contribution in [0.1, 0.15) is 28.0 Å². The van der Waals surface area contributed by atoms with Crippen molar-refractivity contribution in [3.8, 4) is 0 Å². The van der Waals surface area contributed by atoms with Crippen molar-refractivity contribution >= 4 is 29.2 Å². The monoisotopic (exact) mass is 346 g/mol. The van der Waals surface area contributed by atoms with Gasteiger partial charge in [-0.2, -0.15) is 5.10 Å². The highest BCUT2D eigenvalue weighted by Crippen LogP contribution is 2.22. The van der Waals surface area contributed by atoms with Gasteiger partial charge in [-0.15, -0.1) is 0 Å². The summed E-state index contributed by atoms with van der Waals surface area (Å²) < 4.78 is 1.68. The van der Waals surface area contributed by atoms with Gasteiger partial charge in [-0.1, -0.05) is 11.6 Å². The van der Waals surface area contributed by atoms with Crippen molar-refractivity contribution in [1.29, 1.82) is 0 Å². The molecule has 2 amide bonds. The van der Waals surface area contributed by atoms with Crippen molar-refractivity contribution in [3.05, 3.63) is 46.1 Å². The first-order valence-corrected chi connectivity index (χ1v) is 8.13. The predicted octanol–water partition coefficient (Wildman–Crippen LogP) is 2.23. The van der Waals surface area contributed by atoms with Crippen LogP contribution in [0.4, 0.5) is 5.82 Å². The molecular weight excluding hydrogens is 328 g/mol. The molecule has 1 saturated heterocycles. The van der Waals surface area contributed by atoms with Crippen molar-refractivity contribution in [3.63, 3.8) is 0 Å². The van der Waals surface area contributed by atoms with Gasteiger partial charge in [0, 0.05) is 30.2 Å². The number of carbonyl (C=O) groups is 2. The maximum atomic E-state index is 12.6. The van der Waals surface area contributed by atoms with Crippen LogP contribution in [0.15, 0.2) is 24.3 Å². The van der Waals surface area contributed by atoms with E-state index in [2.05, 4.69) is 10.4 Å². The summed E-state index contributed by atoms with van der Waals surface area (Å²) in [6.07, 6.45) is 0.564. The Morgan fingerprint density at radius 2 is 2.04 bits per heavy atom. The Labute approximate surface area is 145 Å². The Morgan fingerprint density at radius 1 is 1.29 bits per heavy atom. The molecule has 0 aliphatic carbocycles. The van der Waals surface area contributed by atoms with E-state index in [-0.39, 0.29) is 11.8 Å². The summed E-state index contributed by atoms with van der Waals surface area (Å²) in [6.45, 7) is 4.30. The van der Waals surface area contributed by atoms with Crippen molar-refractivity contribution in [2.24, 2.45) is 7.05 Å². The Bertz CT molecular complexity index is 795. The van der Waals surface area contributed by atoms with E-state index in [1.165, 1.54) is 0 Å². The molecular formula is C17H19ClN4O2. The van der Waals surface area contributed by atoms with Crippen LogP contribution in [0.2, 0.25) is 5.02 Å². The highest BCUT2D eigenvalue weighted by molar-refractivity contribution is 6.31. The van der Waals surface area contributed by atoms with Crippen molar-refractivity contribution in [2.75, 3.05) is 11.4 Å². The summed E-state index contributed by atoms with van der Waals surface area (Å²) in [4.78, 5) is 26.7. The van der Waals surface area contributed by atoms with Gasteiger partial charge >= 0.3 is 0 Å². The number of nitrogens with zero attached hydrogens (tertiary/aromatic N) is 3. The minimum atomic E-state index is -0.535. The minimum Gasteiger partial charge on any atom is -0.340 e. The Hall–Kier alpha value is -2.34. The topological polar surface area (TPSA) is 67.2 Å². The minimum absolute atomic E-state index is 0.120. The molecule has 3 rings (SSSR count). The molecule has 0 saturated carbocycles. The molecule has 24 heavy (non-hydrogen) atoms. The molecule has 1 atom stereocenters. The highest BCUT2D eigenvalue weighted by Gasteiger charge is 2.35. The van der Waals surface area contributed by atoms with E-state index >= 15 is 0 Å². The van der Waals surface area contributed by atoms with E-state index in [1.807, 2.05) is 19.9 Å². The lowest BCUT2D eigenvalue weighted by atomic mass is 10.1. The first-order chi connectivity index (χ1) is 11.3. The second-order valence-electron chi connectivity index (χ2n) is 6.09. The zero-order valence-corrected chi connectivity index (χ0v) is 14.6. The number of nitrogens with one attached hydrogen (secondary N) is 1. The number of rotatable bonds is 3. The van der Waals surface area contributed by atoms with Gasteiger partial charge in [0.05, 0.1) is 5.69 Å². The van der Waals surface area contributed by atoms with Gasteiger partial charge < -0.3 is 5.32 Å². The molecule has 7 heteroatoms. The first kappa shape index (κ1) is 16.5. The van der Waals surface area contributed by atoms with Crippen LogP contribution in [0.25, 0.3) is 0 Å². The number of aryl methyl sites for hydroxylation is 3. The molecule has 126 valence electrons. The van der Waals surface area contributed by atoms with E-state index in [4.69, 9.17) is 11.6 Å². The van der Waals surface area contributed by atoms with Crippen LogP contribution in [0.5, 0.6) is 0 Å². The molecule has 0 unspecified atom stereocenters. The summed E-state index contributed by atoms with van der Waals surface area (Å²) in [5.41, 5.74) is 2.21. The fourth-order valence-electron chi connectivity index (χ4n) is 3.00. The number of amides is 2. The average molecular weight is 347 g/mol. The molecule has 0 bridgehead atoms. The second-order valence-corrected chi connectivity index (χ2v) is 6.53. The third-order valence-electron chi connectivity index (χ3n) is 4.07. The van der Waals surface area contributed by atoms with Crippen molar-refractivity contribution < 1.29 is 9.59 Å². The number of hydrogen-bond donors (Lipinski definition) is 1. The predicted molar refractivity (Wildman–Crippen MR) is 92.4 cm³/mol. The van der Waals surface area contributed by atoms with E-state index in [0.29, 0.717) is 23.6 Å². The number of carbonyl (C=O) groups excluding carboxylic acids is 2. The Balaban J connectivity index is 1.74. The number of anilines is 1. The fourth-order valence-corrected chi connectivity index (χ4v) is 3.29. The summed E-state index contributed by atoms with van der Waals surface area (Å²) in [6, 6.07) is 6.47. The number of aromatic nitrogens is 2. The van der Waals surface area contributed by atoms with Crippen molar-refractivity contribution in [2.45, 2.75) is 26.3 Å². The number of hydrogen-bond acceptors (Lipinski definition) is 3. The lowest BCUT2D eigenvalue weighted by Crippen LogP contribution is -2.42. The van der Waals surface area contributed by atoms with Crippen LogP contribution < -0.4 is 10.2 Å². The maximum absolute atomic E-state index is 12.6. The van der Waals surface area contributed by atoms with E-state index < -0.39 is 6.04 Å². The van der Waals surface area contributed by atoms with Gasteiger partial charge in [-0.25, -0.2) is 0 Å². The van der Waals surface area contributed by atoms with Crippen LogP contribution in [-0.2, 0) is 11.8 Å². The molecule has 0 radical (unpaired) electrons. The molecule has 1 aromatic heterocycles. The van der Waals surface area contributed by atoms with Gasteiger partial charge in [0.15, 0.2) is 0 Å². The lowest BCUT2D eigenvalue weighted by molar-refractivity contribution is -0.118. The molecule has 2 heterocycles. The molecule has 1 aromatic carbocycles. The number of halogens is 1. The first-order valence-electron chi connectivity index (χ1n) is 7.75. The zero-order chi connectivity index (χ0) is 17.4. The molecule has 2 aromatic rings. The third-order valence-corrected chi connectivity index (χ3v) is 4.29. The molecule has 1 fully saturated rings. The average Bonchev–Trinajstić information content (AvgIpc) is 3.00. The van der Waals surface area contributed by atoms with E-state index in [0.717, 1.165) is 17.1 Å². The van der Waals surface area contributed by atoms with Gasteiger partial charge in [0.25, 0.3) is 11.8 Å². The third kappa shape index (κ3) is 3.14. The lowest BCUT2D eigenvalue weighted by Gasteiger charge is -2.17. The van der Waals surface area contributed by atoms with Crippen LogP contribution in [0.3, 0.4) is 0 Å².